The average Bonchev–Trinajstić information content (AvgIpc) is 3.15. The quantitative estimate of drug-likeness (QED) is 0.826. The largest absolute Gasteiger partial charge is 0.390 e. The van der Waals surface area contributed by atoms with E-state index in [0.717, 1.165) is 35.3 Å². The highest BCUT2D eigenvalue weighted by atomic mass is 35.5. The Kier molecular flexibility index (Phi) is 4.93. The molecule has 0 aliphatic heterocycles. The Morgan fingerprint density at radius 3 is 2.57 bits per heavy atom. The normalized spacial score (nSPS) is 15.0. The minimum absolute atomic E-state index is 0.0460. The third-order valence-corrected chi connectivity index (χ3v) is 5.80. The van der Waals surface area contributed by atoms with Crippen LogP contribution in [-0.2, 0) is 6.42 Å². The van der Waals surface area contributed by atoms with Crippen molar-refractivity contribution in [2.75, 3.05) is 5.73 Å². The predicted octanol–water partition coefficient (Wildman–Crippen LogP) is 4.89. The van der Waals surface area contributed by atoms with Gasteiger partial charge in [-0.15, -0.1) is 11.3 Å². The van der Waals surface area contributed by atoms with Crippen molar-refractivity contribution in [3.05, 3.63) is 39.7 Å². The van der Waals surface area contributed by atoms with Crippen LogP contribution >= 0.6 is 22.9 Å². The van der Waals surface area contributed by atoms with E-state index in [0.29, 0.717) is 15.6 Å². The third kappa shape index (κ3) is 3.38. The lowest BCUT2D eigenvalue weighted by molar-refractivity contribution is 0.0940. The molecule has 1 aromatic carbocycles. The van der Waals surface area contributed by atoms with E-state index in [1.165, 1.54) is 24.2 Å². The molecule has 1 aromatic heterocycles. The summed E-state index contributed by atoms with van der Waals surface area (Å²) in [6, 6.07) is 7.89. The van der Waals surface area contributed by atoms with E-state index in [1.807, 2.05) is 24.3 Å². The maximum Gasteiger partial charge on any atom is 0.255 e. The number of aryl methyl sites for hydroxylation is 1. The highest BCUT2D eigenvalue weighted by molar-refractivity contribution is 7.17. The molecular weight excluding hydrogens is 328 g/mol. The zero-order chi connectivity index (χ0) is 16.4. The summed E-state index contributed by atoms with van der Waals surface area (Å²) in [4.78, 5) is 13.9. The first-order chi connectivity index (χ1) is 11.1. The molecule has 1 aliphatic rings. The van der Waals surface area contributed by atoms with Gasteiger partial charge in [0, 0.05) is 21.5 Å². The molecule has 0 radical (unpaired) electrons. The number of nitrogens with two attached hydrogens (primary N) is 1. The van der Waals surface area contributed by atoms with Crippen molar-refractivity contribution in [3.8, 4) is 11.1 Å². The number of thiophene rings is 1. The summed E-state index contributed by atoms with van der Waals surface area (Å²) >= 11 is 7.50. The molecule has 3 nitrogen and oxygen atoms in total. The van der Waals surface area contributed by atoms with Gasteiger partial charge >= 0.3 is 0 Å². The van der Waals surface area contributed by atoms with E-state index in [4.69, 9.17) is 17.3 Å². The highest BCUT2D eigenvalue weighted by Gasteiger charge is 2.25. The molecule has 0 spiro atoms. The number of carbonyl (C=O) groups excluding carboxylic acids is 1. The summed E-state index contributed by atoms with van der Waals surface area (Å²) in [6.07, 6.45) is 5.35. The van der Waals surface area contributed by atoms with Gasteiger partial charge < -0.3 is 11.1 Å². The standard InChI is InChI=1S/C18H21ClN2OS/c1-2-14-15(11-7-9-12(19)10-8-11)16(17(20)23-14)18(22)21-13-5-3-4-6-13/h7-10,13H,2-6,20H2,1H3,(H,21,22). The molecule has 23 heavy (non-hydrogen) atoms. The number of nitrogens with one attached hydrogen (secondary N) is 1. The van der Waals surface area contributed by atoms with Gasteiger partial charge in [0.05, 0.1) is 10.6 Å². The van der Waals surface area contributed by atoms with Crippen molar-refractivity contribution < 1.29 is 4.79 Å². The Labute approximate surface area is 145 Å². The maximum absolute atomic E-state index is 12.8. The smallest absolute Gasteiger partial charge is 0.255 e. The Morgan fingerprint density at radius 1 is 1.30 bits per heavy atom. The second-order valence-electron chi connectivity index (χ2n) is 5.95. The first-order valence-corrected chi connectivity index (χ1v) is 9.27. The van der Waals surface area contributed by atoms with Crippen LogP contribution in [0, 0.1) is 0 Å². The molecule has 3 N–H and O–H groups in total. The number of benzene rings is 1. The van der Waals surface area contributed by atoms with Gasteiger partial charge in [-0.1, -0.05) is 43.5 Å². The van der Waals surface area contributed by atoms with Crippen LogP contribution < -0.4 is 11.1 Å². The highest BCUT2D eigenvalue weighted by Crippen LogP contribution is 2.39. The van der Waals surface area contributed by atoms with E-state index in [-0.39, 0.29) is 11.9 Å². The molecule has 0 saturated heterocycles. The van der Waals surface area contributed by atoms with E-state index in [1.54, 1.807) is 0 Å². The number of anilines is 1. The van der Waals surface area contributed by atoms with Crippen molar-refractivity contribution >= 4 is 33.8 Å². The Morgan fingerprint density at radius 2 is 1.96 bits per heavy atom. The average molecular weight is 349 g/mol. The fourth-order valence-electron chi connectivity index (χ4n) is 3.22. The number of hydrogen-bond acceptors (Lipinski definition) is 3. The molecule has 1 aliphatic carbocycles. The van der Waals surface area contributed by atoms with Crippen LogP contribution in [0.25, 0.3) is 11.1 Å². The van der Waals surface area contributed by atoms with E-state index >= 15 is 0 Å². The van der Waals surface area contributed by atoms with Crippen molar-refractivity contribution in [2.24, 2.45) is 0 Å². The van der Waals surface area contributed by atoms with Crippen LogP contribution in [0.15, 0.2) is 24.3 Å². The second kappa shape index (κ2) is 6.93. The van der Waals surface area contributed by atoms with Crippen LogP contribution in [0.4, 0.5) is 5.00 Å². The van der Waals surface area contributed by atoms with Crippen molar-refractivity contribution in [1.29, 1.82) is 0 Å². The van der Waals surface area contributed by atoms with Crippen LogP contribution in [0.1, 0.15) is 47.8 Å². The van der Waals surface area contributed by atoms with Crippen molar-refractivity contribution in [1.82, 2.24) is 5.32 Å². The molecule has 0 unspecified atom stereocenters. The molecule has 122 valence electrons. The monoisotopic (exact) mass is 348 g/mol. The molecule has 0 atom stereocenters. The van der Waals surface area contributed by atoms with Gasteiger partial charge in [-0.2, -0.15) is 0 Å². The minimum Gasteiger partial charge on any atom is -0.390 e. The van der Waals surface area contributed by atoms with Crippen molar-refractivity contribution in [2.45, 2.75) is 45.1 Å². The zero-order valence-electron chi connectivity index (χ0n) is 13.2. The lowest BCUT2D eigenvalue weighted by atomic mass is 9.99. The van der Waals surface area contributed by atoms with Crippen LogP contribution in [0.2, 0.25) is 5.02 Å². The first kappa shape index (κ1) is 16.3. The van der Waals surface area contributed by atoms with Gasteiger partial charge in [0.25, 0.3) is 5.91 Å². The Hall–Kier alpha value is -1.52. The molecule has 3 rings (SSSR count). The van der Waals surface area contributed by atoms with Crippen molar-refractivity contribution in [3.63, 3.8) is 0 Å². The van der Waals surface area contributed by atoms with Gasteiger partial charge in [0.15, 0.2) is 0 Å². The maximum atomic E-state index is 12.8. The van der Waals surface area contributed by atoms with Gasteiger partial charge in [-0.3, -0.25) is 4.79 Å². The lowest BCUT2D eigenvalue weighted by Gasteiger charge is -2.13. The summed E-state index contributed by atoms with van der Waals surface area (Å²) in [6.45, 7) is 2.09. The first-order valence-electron chi connectivity index (χ1n) is 8.08. The SMILES string of the molecule is CCc1sc(N)c(C(=O)NC2CCCC2)c1-c1ccc(Cl)cc1. The molecule has 1 amide bonds. The molecule has 1 saturated carbocycles. The van der Waals surface area contributed by atoms with E-state index in [2.05, 4.69) is 12.2 Å². The molecule has 1 heterocycles. The number of hydrogen-bond donors (Lipinski definition) is 2. The third-order valence-electron chi connectivity index (χ3n) is 4.38. The molecule has 1 fully saturated rings. The second-order valence-corrected chi connectivity index (χ2v) is 7.53. The number of halogens is 1. The van der Waals surface area contributed by atoms with E-state index < -0.39 is 0 Å². The predicted molar refractivity (Wildman–Crippen MR) is 98.3 cm³/mol. The van der Waals surface area contributed by atoms with Crippen LogP contribution in [0.3, 0.4) is 0 Å². The summed E-state index contributed by atoms with van der Waals surface area (Å²) in [5.74, 6) is -0.0460. The number of amides is 1. The molecular formula is C18H21ClN2OS. The number of nitrogen functional groups attached to an aromatic ring is 1. The number of carbonyl (C=O) groups is 1. The molecule has 5 heteroatoms. The topological polar surface area (TPSA) is 55.1 Å². The zero-order valence-corrected chi connectivity index (χ0v) is 14.8. The fourth-order valence-corrected chi connectivity index (χ4v) is 4.38. The van der Waals surface area contributed by atoms with Gasteiger partial charge in [0.1, 0.15) is 0 Å². The van der Waals surface area contributed by atoms with Gasteiger partial charge in [0.2, 0.25) is 0 Å². The molecule has 0 bridgehead atoms. The summed E-state index contributed by atoms with van der Waals surface area (Å²) < 4.78 is 0. The lowest BCUT2D eigenvalue weighted by Crippen LogP contribution is -2.33. The van der Waals surface area contributed by atoms with Gasteiger partial charge in [-0.25, -0.2) is 0 Å². The minimum atomic E-state index is -0.0460. The van der Waals surface area contributed by atoms with Crippen LogP contribution in [0.5, 0.6) is 0 Å². The van der Waals surface area contributed by atoms with E-state index in [9.17, 15) is 4.79 Å². The van der Waals surface area contributed by atoms with Crippen LogP contribution in [-0.4, -0.2) is 11.9 Å². The molecule has 2 aromatic rings. The summed E-state index contributed by atoms with van der Waals surface area (Å²) in [5.41, 5.74) is 8.77. The number of rotatable bonds is 4. The fraction of sp³-hybridized carbons (Fsp3) is 0.389. The Balaban J connectivity index is 1.99. The summed E-state index contributed by atoms with van der Waals surface area (Å²) in [5, 5.41) is 4.44. The summed E-state index contributed by atoms with van der Waals surface area (Å²) in [7, 11) is 0. The van der Waals surface area contributed by atoms with Gasteiger partial charge in [-0.05, 0) is 37.0 Å². The Bertz CT molecular complexity index is 703.